The zero-order valence-electron chi connectivity index (χ0n) is 21.3. The van der Waals surface area contributed by atoms with Gasteiger partial charge in [-0.1, -0.05) is 66.7 Å². The molecule has 1 N–H and O–H groups in total. The van der Waals surface area contributed by atoms with E-state index in [0.29, 0.717) is 16.7 Å². The normalized spacial score (nSPS) is 19.6. The number of nitrogens with one attached hydrogen (secondary N) is 1. The van der Waals surface area contributed by atoms with Crippen LogP contribution in [0, 0.1) is 0 Å². The lowest BCUT2D eigenvalue weighted by atomic mass is 9.75. The first-order valence-corrected chi connectivity index (χ1v) is 12.8. The average molecular weight is 485 g/mol. The number of hydrogen-bond acceptors (Lipinski definition) is 4. The summed E-state index contributed by atoms with van der Waals surface area (Å²) in [4.78, 5) is 27.9. The molecule has 3 aromatic carbocycles. The molecule has 4 rings (SSSR count). The summed E-state index contributed by atoms with van der Waals surface area (Å²) in [7, 11) is 4.35. The first kappa shape index (κ1) is 25.6. The molecule has 0 atom stereocenters. The van der Waals surface area contributed by atoms with Crippen LogP contribution in [0.4, 0.5) is 0 Å². The van der Waals surface area contributed by atoms with Crippen molar-refractivity contribution in [2.75, 3.05) is 14.1 Å². The van der Waals surface area contributed by atoms with Crippen molar-refractivity contribution < 1.29 is 14.3 Å². The van der Waals surface area contributed by atoms with Crippen LogP contribution in [0.5, 0.6) is 0 Å². The number of ether oxygens (including phenoxy) is 1. The summed E-state index contributed by atoms with van der Waals surface area (Å²) in [5.41, 5.74) is 3.30. The van der Waals surface area contributed by atoms with Crippen LogP contribution in [0.2, 0.25) is 0 Å². The minimum absolute atomic E-state index is 0.0607. The van der Waals surface area contributed by atoms with Crippen molar-refractivity contribution in [1.82, 2.24) is 10.2 Å². The highest BCUT2D eigenvalue weighted by Gasteiger charge is 2.37. The van der Waals surface area contributed by atoms with Crippen LogP contribution < -0.4 is 5.32 Å². The van der Waals surface area contributed by atoms with Gasteiger partial charge < -0.3 is 15.0 Å². The Morgan fingerprint density at radius 3 is 2.17 bits per heavy atom. The molecule has 0 aliphatic heterocycles. The zero-order valence-corrected chi connectivity index (χ0v) is 21.3. The number of aryl methyl sites for hydroxylation is 1. The lowest BCUT2D eigenvalue weighted by Crippen LogP contribution is -2.51. The molecule has 0 bridgehead atoms. The van der Waals surface area contributed by atoms with Crippen LogP contribution in [-0.2, 0) is 17.8 Å². The largest absolute Gasteiger partial charge is 0.457 e. The van der Waals surface area contributed by atoms with Gasteiger partial charge in [0.2, 0.25) is 0 Å². The van der Waals surface area contributed by atoms with E-state index in [-0.39, 0.29) is 24.1 Å². The predicted octanol–water partition coefficient (Wildman–Crippen LogP) is 5.65. The highest BCUT2D eigenvalue weighted by atomic mass is 16.5. The van der Waals surface area contributed by atoms with Crippen molar-refractivity contribution in [2.24, 2.45) is 0 Å². The van der Waals surface area contributed by atoms with Gasteiger partial charge in [0, 0.05) is 22.7 Å². The van der Waals surface area contributed by atoms with E-state index in [4.69, 9.17) is 4.74 Å². The van der Waals surface area contributed by atoms with Gasteiger partial charge in [-0.15, -0.1) is 0 Å². The molecule has 0 heterocycles. The second-order valence-corrected chi connectivity index (χ2v) is 9.95. The Morgan fingerprint density at radius 1 is 0.889 bits per heavy atom. The summed E-state index contributed by atoms with van der Waals surface area (Å²) in [6, 6.07) is 27.0. The Morgan fingerprint density at radius 2 is 1.50 bits per heavy atom. The first-order valence-electron chi connectivity index (χ1n) is 12.8. The Kier molecular flexibility index (Phi) is 8.55. The Hall–Kier alpha value is -3.44. The van der Waals surface area contributed by atoms with Gasteiger partial charge in [0.15, 0.2) is 0 Å². The quantitative estimate of drug-likeness (QED) is 0.399. The average Bonchev–Trinajstić information content (AvgIpc) is 2.92. The van der Waals surface area contributed by atoms with Crippen LogP contribution in [0.3, 0.4) is 0 Å². The van der Waals surface area contributed by atoms with Gasteiger partial charge in [0.1, 0.15) is 6.61 Å². The second-order valence-electron chi connectivity index (χ2n) is 9.95. The van der Waals surface area contributed by atoms with Crippen LogP contribution in [-0.4, -0.2) is 42.5 Å². The Balaban J connectivity index is 1.33. The Bertz CT molecular complexity index is 1140. The smallest absolute Gasteiger partial charge is 0.338 e. The van der Waals surface area contributed by atoms with E-state index in [1.54, 1.807) is 30.3 Å². The number of amides is 1. The van der Waals surface area contributed by atoms with Crippen molar-refractivity contribution >= 4 is 11.9 Å². The summed E-state index contributed by atoms with van der Waals surface area (Å²) in [6.45, 7) is 0.0607. The fourth-order valence-corrected chi connectivity index (χ4v) is 5.17. The fraction of sp³-hybridized carbons (Fsp3) is 0.355. The number of carbonyl (C=O) groups excluding carboxylic acids is 2. The molecule has 36 heavy (non-hydrogen) atoms. The van der Waals surface area contributed by atoms with Crippen LogP contribution >= 0.6 is 0 Å². The maximum absolute atomic E-state index is 13.2. The molecule has 0 radical (unpaired) electrons. The predicted molar refractivity (Wildman–Crippen MR) is 143 cm³/mol. The third-order valence-corrected chi connectivity index (χ3v) is 7.55. The van der Waals surface area contributed by atoms with Crippen LogP contribution in [0.15, 0.2) is 84.9 Å². The lowest BCUT2D eigenvalue weighted by Gasteiger charge is -2.45. The monoisotopic (exact) mass is 484 g/mol. The van der Waals surface area contributed by atoms with Gasteiger partial charge in [-0.3, -0.25) is 4.79 Å². The molecule has 3 aromatic rings. The summed E-state index contributed by atoms with van der Waals surface area (Å²) < 4.78 is 5.49. The zero-order chi connectivity index (χ0) is 25.4. The van der Waals surface area contributed by atoms with E-state index in [1.807, 2.05) is 24.3 Å². The number of esters is 1. The van der Waals surface area contributed by atoms with E-state index in [0.717, 1.165) is 38.5 Å². The number of carbonyl (C=O) groups is 2. The number of rotatable bonds is 9. The van der Waals surface area contributed by atoms with Crippen LogP contribution in [0.25, 0.3) is 0 Å². The lowest BCUT2D eigenvalue weighted by molar-refractivity contribution is 0.0469. The van der Waals surface area contributed by atoms with E-state index >= 15 is 0 Å². The van der Waals surface area contributed by atoms with Crippen molar-refractivity contribution in [2.45, 2.75) is 56.7 Å². The molecule has 0 saturated heterocycles. The van der Waals surface area contributed by atoms with Gasteiger partial charge in [-0.2, -0.15) is 0 Å². The topological polar surface area (TPSA) is 58.6 Å². The van der Waals surface area contributed by atoms with Gasteiger partial charge in [0.05, 0.1) is 5.56 Å². The van der Waals surface area contributed by atoms with E-state index < -0.39 is 5.97 Å². The van der Waals surface area contributed by atoms with E-state index in [1.165, 1.54) is 5.56 Å². The molecule has 1 aliphatic carbocycles. The molecule has 188 valence electrons. The molecular weight excluding hydrogens is 448 g/mol. The summed E-state index contributed by atoms with van der Waals surface area (Å²) in [5.74, 6) is -0.499. The molecule has 1 fully saturated rings. The maximum atomic E-state index is 13.2. The third kappa shape index (κ3) is 6.41. The van der Waals surface area contributed by atoms with Gasteiger partial charge in [0.25, 0.3) is 5.91 Å². The fourth-order valence-electron chi connectivity index (χ4n) is 5.17. The molecule has 1 aliphatic rings. The number of hydrogen-bond donors (Lipinski definition) is 1. The summed E-state index contributed by atoms with van der Waals surface area (Å²) in [5, 5.41) is 3.25. The van der Waals surface area contributed by atoms with E-state index in [2.05, 4.69) is 54.6 Å². The molecule has 1 saturated carbocycles. The van der Waals surface area contributed by atoms with Crippen LogP contribution in [0.1, 0.15) is 63.9 Å². The molecule has 5 heteroatoms. The number of benzene rings is 3. The summed E-state index contributed by atoms with van der Waals surface area (Å²) in [6.07, 6.45) is 6.17. The Labute approximate surface area is 214 Å². The molecule has 0 aromatic heterocycles. The third-order valence-electron chi connectivity index (χ3n) is 7.55. The first-order chi connectivity index (χ1) is 17.5. The molecular formula is C31H36N2O3. The van der Waals surface area contributed by atoms with Gasteiger partial charge in [-0.05, 0) is 76.4 Å². The minimum atomic E-state index is -0.395. The van der Waals surface area contributed by atoms with Gasteiger partial charge in [-0.25, -0.2) is 4.79 Å². The van der Waals surface area contributed by atoms with E-state index in [9.17, 15) is 9.59 Å². The molecule has 5 nitrogen and oxygen atoms in total. The standard InChI is InChI=1S/C31H36N2O3/c1-33(2)31(20-17-24-11-5-3-6-12-24)21-18-27(19-22-31)32-29(34)28-16-10-9-15-26(28)23-36-30(35)25-13-7-4-8-14-25/h3-16,27H,17-23H2,1-2H3,(H,32,34). The maximum Gasteiger partial charge on any atom is 0.338 e. The summed E-state index contributed by atoms with van der Waals surface area (Å²) >= 11 is 0. The molecule has 0 unspecified atom stereocenters. The SMILES string of the molecule is CN(C)C1(CCc2ccccc2)CCC(NC(=O)c2ccccc2COC(=O)c2ccccc2)CC1. The van der Waals surface area contributed by atoms with Crippen molar-refractivity contribution in [1.29, 1.82) is 0 Å². The minimum Gasteiger partial charge on any atom is -0.457 e. The highest BCUT2D eigenvalue weighted by molar-refractivity contribution is 5.96. The molecule has 0 spiro atoms. The van der Waals surface area contributed by atoms with Crippen molar-refractivity contribution in [3.63, 3.8) is 0 Å². The van der Waals surface area contributed by atoms with Gasteiger partial charge >= 0.3 is 5.97 Å². The highest BCUT2D eigenvalue weighted by Crippen LogP contribution is 2.36. The van der Waals surface area contributed by atoms with Crippen molar-refractivity contribution in [3.8, 4) is 0 Å². The molecule has 1 amide bonds. The second kappa shape index (κ2) is 12.0. The number of nitrogens with zero attached hydrogens (tertiary/aromatic N) is 1. The van der Waals surface area contributed by atoms with Crippen molar-refractivity contribution in [3.05, 3.63) is 107 Å².